The molecule has 0 saturated carbocycles. The van der Waals surface area contributed by atoms with Gasteiger partial charge in [-0.25, -0.2) is 0 Å². The van der Waals surface area contributed by atoms with Crippen molar-refractivity contribution in [2.24, 2.45) is 0 Å². The summed E-state index contributed by atoms with van der Waals surface area (Å²) >= 11 is 0. The number of hydrogen-bond acceptors (Lipinski definition) is 3. The summed E-state index contributed by atoms with van der Waals surface area (Å²) in [6, 6.07) is 22.6. The highest BCUT2D eigenvalue weighted by Crippen LogP contribution is 2.31. The summed E-state index contributed by atoms with van der Waals surface area (Å²) in [6.45, 7) is 0.450. The minimum Gasteiger partial charge on any atom is -0.488 e. The van der Waals surface area contributed by atoms with E-state index in [1.54, 1.807) is 18.2 Å². The third-order valence-corrected chi connectivity index (χ3v) is 3.69. The van der Waals surface area contributed by atoms with Gasteiger partial charge in [0.25, 0.3) is 0 Å². The highest BCUT2D eigenvalue weighted by molar-refractivity contribution is 5.87. The second-order valence-electron chi connectivity index (χ2n) is 5.39. The number of para-hydroxylation sites is 1. The maximum Gasteiger partial charge on any atom is 0.150 e. The van der Waals surface area contributed by atoms with Gasteiger partial charge in [-0.3, -0.25) is 9.59 Å². The average Bonchev–Trinajstić information content (AvgIpc) is 2.67. The van der Waals surface area contributed by atoms with Crippen LogP contribution in [-0.2, 0) is 6.61 Å². The standard InChI is InChI=1S/C21H16O3/c22-13-17-10-18(14-23)12-19(11-17)20-8-4-5-9-21(20)24-15-16-6-2-1-3-7-16/h1-14H,15H2. The van der Waals surface area contributed by atoms with Crippen LogP contribution < -0.4 is 4.74 Å². The molecule has 3 aromatic carbocycles. The van der Waals surface area contributed by atoms with Gasteiger partial charge in [0.2, 0.25) is 0 Å². The molecular weight excluding hydrogens is 300 g/mol. The van der Waals surface area contributed by atoms with Crippen LogP contribution in [-0.4, -0.2) is 12.6 Å². The Hall–Kier alpha value is -3.20. The van der Waals surface area contributed by atoms with E-state index in [-0.39, 0.29) is 0 Å². The first-order valence-electron chi connectivity index (χ1n) is 7.62. The van der Waals surface area contributed by atoms with Gasteiger partial charge in [0, 0.05) is 16.7 Å². The third kappa shape index (κ3) is 3.58. The van der Waals surface area contributed by atoms with Gasteiger partial charge >= 0.3 is 0 Å². The zero-order valence-electron chi connectivity index (χ0n) is 13.0. The fraction of sp³-hybridized carbons (Fsp3) is 0.0476. The van der Waals surface area contributed by atoms with Gasteiger partial charge in [0.15, 0.2) is 0 Å². The molecule has 3 aromatic rings. The van der Waals surface area contributed by atoms with Crippen LogP contribution in [0.1, 0.15) is 26.3 Å². The van der Waals surface area contributed by atoms with Gasteiger partial charge in [-0.1, -0.05) is 48.5 Å². The summed E-state index contributed by atoms with van der Waals surface area (Å²) in [6.07, 6.45) is 1.48. The molecule has 0 saturated heterocycles. The second kappa shape index (κ2) is 7.38. The minimum absolute atomic E-state index is 0.450. The molecular formula is C21H16O3. The zero-order chi connectivity index (χ0) is 16.8. The van der Waals surface area contributed by atoms with Crippen molar-refractivity contribution in [2.45, 2.75) is 6.61 Å². The molecule has 118 valence electrons. The molecule has 0 amide bonds. The maximum absolute atomic E-state index is 11.1. The maximum atomic E-state index is 11.1. The SMILES string of the molecule is O=Cc1cc(C=O)cc(-c2ccccc2OCc2ccccc2)c1. The van der Waals surface area contributed by atoms with Crippen molar-refractivity contribution in [3.8, 4) is 16.9 Å². The van der Waals surface area contributed by atoms with Crippen LogP contribution in [0.3, 0.4) is 0 Å². The number of benzene rings is 3. The Labute approximate surface area is 140 Å². The van der Waals surface area contributed by atoms with Crippen molar-refractivity contribution >= 4 is 12.6 Å². The van der Waals surface area contributed by atoms with Crippen LogP contribution >= 0.6 is 0 Å². The minimum atomic E-state index is 0.450. The number of ether oxygens (including phenoxy) is 1. The molecule has 0 radical (unpaired) electrons. The molecule has 0 heterocycles. The lowest BCUT2D eigenvalue weighted by Gasteiger charge is -2.12. The van der Waals surface area contributed by atoms with E-state index in [1.807, 2.05) is 54.6 Å². The van der Waals surface area contributed by atoms with E-state index in [4.69, 9.17) is 4.74 Å². The molecule has 0 bridgehead atoms. The summed E-state index contributed by atoms with van der Waals surface area (Å²) in [5.41, 5.74) is 3.63. The van der Waals surface area contributed by atoms with Crippen molar-refractivity contribution in [3.05, 3.63) is 89.5 Å². The Morgan fingerprint density at radius 2 is 1.38 bits per heavy atom. The third-order valence-electron chi connectivity index (χ3n) is 3.69. The molecule has 0 unspecified atom stereocenters. The Bertz CT molecular complexity index is 828. The highest BCUT2D eigenvalue weighted by atomic mass is 16.5. The molecule has 0 fully saturated rings. The van der Waals surface area contributed by atoms with Gasteiger partial charge in [-0.05, 0) is 35.4 Å². The summed E-state index contributed by atoms with van der Waals surface area (Å²) < 4.78 is 5.95. The van der Waals surface area contributed by atoms with Gasteiger partial charge < -0.3 is 4.74 Å². The first kappa shape index (κ1) is 15.7. The lowest BCUT2D eigenvalue weighted by Crippen LogP contribution is -1.97. The number of hydrogen-bond donors (Lipinski definition) is 0. The summed E-state index contributed by atoms with van der Waals surface area (Å²) in [7, 11) is 0. The molecule has 0 aromatic heterocycles. The average molecular weight is 316 g/mol. The summed E-state index contributed by atoms with van der Waals surface area (Å²) in [5, 5.41) is 0. The first-order valence-corrected chi connectivity index (χ1v) is 7.62. The van der Waals surface area contributed by atoms with E-state index < -0.39 is 0 Å². The van der Waals surface area contributed by atoms with Crippen LogP contribution in [0.25, 0.3) is 11.1 Å². The van der Waals surface area contributed by atoms with Crippen molar-refractivity contribution in [3.63, 3.8) is 0 Å². The quantitative estimate of drug-likeness (QED) is 0.626. The monoisotopic (exact) mass is 316 g/mol. The largest absolute Gasteiger partial charge is 0.488 e. The van der Waals surface area contributed by atoms with E-state index in [0.29, 0.717) is 23.5 Å². The predicted octanol–water partition coefficient (Wildman–Crippen LogP) is 4.56. The van der Waals surface area contributed by atoms with Crippen molar-refractivity contribution in [1.29, 1.82) is 0 Å². The Morgan fingerprint density at radius 1 is 0.750 bits per heavy atom. The van der Waals surface area contributed by atoms with Gasteiger partial charge in [-0.2, -0.15) is 0 Å². The normalized spacial score (nSPS) is 10.2. The molecule has 0 spiro atoms. The lowest BCUT2D eigenvalue weighted by molar-refractivity contribution is 0.112. The van der Waals surface area contributed by atoms with E-state index in [2.05, 4.69) is 0 Å². The van der Waals surface area contributed by atoms with Gasteiger partial charge in [0.05, 0.1) is 0 Å². The van der Waals surface area contributed by atoms with E-state index in [1.165, 1.54) is 0 Å². The Kier molecular flexibility index (Phi) is 4.82. The van der Waals surface area contributed by atoms with Crippen LogP contribution in [0, 0.1) is 0 Å². The van der Waals surface area contributed by atoms with Crippen LogP contribution in [0.5, 0.6) is 5.75 Å². The molecule has 0 N–H and O–H groups in total. The molecule has 0 atom stereocenters. The molecule has 24 heavy (non-hydrogen) atoms. The van der Waals surface area contributed by atoms with Crippen molar-refractivity contribution in [2.75, 3.05) is 0 Å². The Morgan fingerprint density at radius 3 is 2.04 bits per heavy atom. The van der Waals surface area contributed by atoms with Gasteiger partial charge in [-0.15, -0.1) is 0 Å². The fourth-order valence-electron chi connectivity index (χ4n) is 2.53. The second-order valence-corrected chi connectivity index (χ2v) is 5.39. The lowest BCUT2D eigenvalue weighted by atomic mass is 10.00. The number of aldehydes is 2. The number of carbonyl (C=O) groups excluding carboxylic acids is 2. The predicted molar refractivity (Wildman–Crippen MR) is 93.4 cm³/mol. The topological polar surface area (TPSA) is 43.4 Å². The number of carbonyl (C=O) groups is 2. The summed E-state index contributed by atoms with van der Waals surface area (Å²) in [4.78, 5) is 22.2. The van der Waals surface area contributed by atoms with E-state index in [9.17, 15) is 9.59 Å². The summed E-state index contributed by atoms with van der Waals surface area (Å²) in [5.74, 6) is 0.709. The smallest absolute Gasteiger partial charge is 0.150 e. The molecule has 0 aliphatic rings. The number of rotatable bonds is 6. The molecule has 0 aliphatic carbocycles. The molecule has 3 nitrogen and oxygen atoms in total. The van der Waals surface area contributed by atoms with E-state index >= 15 is 0 Å². The highest BCUT2D eigenvalue weighted by Gasteiger charge is 2.09. The molecule has 3 heteroatoms. The van der Waals surface area contributed by atoms with Crippen molar-refractivity contribution < 1.29 is 14.3 Å². The van der Waals surface area contributed by atoms with Gasteiger partial charge in [0.1, 0.15) is 24.9 Å². The van der Waals surface area contributed by atoms with Crippen LogP contribution in [0.4, 0.5) is 0 Å². The zero-order valence-corrected chi connectivity index (χ0v) is 13.0. The fourth-order valence-corrected chi connectivity index (χ4v) is 2.53. The molecule has 3 rings (SSSR count). The first-order chi connectivity index (χ1) is 11.8. The van der Waals surface area contributed by atoms with E-state index in [0.717, 1.165) is 29.3 Å². The van der Waals surface area contributed by atoms with Crippen LogP contribution in [0.2, 0.25) is 0 Å². The Balaban J connectivity index is 1.94. The van der Waals surface area contributed by atoms with Crippen LogP contribution in [0.15, 0.2) is 72.8 Å². The van der Waals surface area contributed by atoms with Crippen molar-refractivity contribution in [1.82, 2.24) is 0 Å². The molecule has 0 aliphatic heterocycles.